The van der Waals surface area contributed by atoms with Crippen LogP contribution in [0.2, 0.25) is 0 Å². The average Bonchev–Trinajstić information content (AvgIpc) is 2.41. The van der Waals surface area contributed by atoms with Crippen LogP contribution in [0.25, 0.3) is 0 Å². The molecule has 2 aromatic carbocycles. The Morgan fingerprint density at radius 3 is 2.57 bits per heavy atom. The van der Waals surface area contributed by atoms with Crippen molar-refractivity contribution in [3.05, 3.63) is 58.1 Å². The molecule has 2 aromatic rings. The molecule has 0 atom stereocenters. The maximum atomic E-state index is 13.9. The minimum Gasteiger partial charge on any atom is -0.399 e. The summed E-state index contributed by atoms with van der Waals surface area (Å²) < 4.78 is 53.3. The number of benzene rings is 2. The fourth-order valence-corrected chi connectivity index (χ4v) is 3.44. The molecule has 4 nitrogen and oxygen atoms in total. The molecule has 0 aliphatic heterocycles. The first-order valence-corrected chi connectivity index (χ1v) is 8.06. The van der Waals surface area contributed by atoms with Crippen LogP contribution in [-0.2, 0) is 16.6 Å². The summed E-state index contributed by atoms with van der Waals surface area (Å²) in [4.78, 5) is -0.564. The highest BCUT2D eigenvalue weighted by Crippen LogP contribution is 2.26. The van der Waals surface area contributed by atoms with Gasteiger partial charge in [0.1, 0.15) is 10.7 Å². The van der Waals surface area contributed by atoms with Crippen LogP contribution in [0.15, 0.2) is 45.8 Å². The molecule has 0 saturated heterocycles. The Hall–Kier alpha value is -1.51. The number of halogens is 3. The summed E-state index contributed by atoms with van der Waals surface area (Å²) in [5.74, 6) is -1.42. The van der Waals surface area contributed by atoms with Gasteiger partial charge in [0.25, 0.3) is 0 Å². The van der Waals surface area contributed by atoms with Crippen LogP contribution in [0, 0.1) is 11.6 Å². The van der Waals surface area contributed by atoms with Crippen molar-refractivity contribution in [2.24, 2.45) is 0 Å². The third kappa shape index (κ3) is 3.78. The summed E-state index contributed by atoms with van der Waals surface area (Å²) in [7, 11) is -4.10. The summed E-state index contributed by atoms with van der Waals surface area (Å²) in [6.45, 7) is -0.161. The molecular weight excluding hydrogens is 366 g/mol. The fourth-order valence-electron chi connectivity index (χ4n) is 1.68. The van der Waals surface area contributed by atoms with Gasteiger partial charge in [0.2, 0.25) is 10.0 Å². The maximum Gasteiger partial charge on any atom is 0.243 e. The first-order chi connectivity index (χ1) is 9.79. The molecule has 0 aliphatic carbocycles. The van der Waals surface area contributed by atoms with Gasteiger partial charge < -0.3 is 5.73 Å². The van der Waals surface area contributed by atoms with E-state index in [1.54, 1.807) is 6.07 Å². The molecule has 0 unspecified atom stereocenters. The number of rotatable bonds is 4. The lowest BCUT2D eigenvalue weighted by Gasteiger charge is -2.10. The summed E-state index contributed by atoms with van der Waals surface area (Å²) in [6, 6.07) is 7.73. The van der Waals surface area contributed by atoms with E-state index in [2.05, 4.69) is 20.7 Å². The van der Waals surface area contributed by atoms with E-state index < -0.39 is 26.6 Å². The highest BCUT2D eigenvalue weighted by Gasteiger charge is 2.21. The van der Waals surface area contributed by atoms with Crippen molar-refractivity contribution in [3.8, 4) is 0 Å². The standard InChI is InChI=1S/C13H11BrF2N2O2S/c14-11-5-10(17)6-12(13(11)16)21(19,20)18-7-8-2-1-3-9(15)4-8/h1-6,18H,7,17H2. The molecule has 0 bridgehead atoms. The summed E-state index contributed by atoms with van der Waals surface area (Å²) >= 11 is 2.90. The van der Waals surface area contributed by atoms with Gasteiger partial charge in [0.05, 0.1) is 4.47 Å². The SMILES string of the molecule is Nc1cc(Br)c(F)c(S(=O)(=O)NCc2cccc(F)c2)c1. The topological polar surface area (TPSA) is 72.2 Å². The van der Waals surface area contributed by atoms with Crippen molar-refractivity contribution >= 4 is 31.6 Å². The Bertz CT molecular complexity index is 782. The smallest absolute Gasteiger partial charge is 0.243 e. The second kappa shape index (κ2) is 6.08. The average molecular weight is 377 g/mol. The predicted molar refractivity (Wildman–Crippen MR) is 78.9 cm³/mol. The number of anilines is 1. The van der Waals surface area contributed by atoms with E-state index in [1.807, 2.05) is 0 Å². The van der Waals surface area contributed by atoms with E-state index >= 15 is 0 Å². The van der Waals surface area contributed by atoms with Crippen molar-refractivity contribution in [3.63, 3.8) is 0 Å². The van der Waals surface area contributed by atoms with Crippen molar-refractivity contribution < 1.29 is 17.2 Å². The zero-order chi connectivity index (χ0) is 15.6. The molecule has 112 valence electrons. The van der Waals surface area contributed by atoms with Crippen molar-refractivity contribution in [1.82, 2.24) is 4.72 Å². The van der Waals surface area contributed by atoms with Crippen LogP contribution in [0.5, 0.6) is 0 Å². The minimum atomic E-state index is -4.10. The molecule has 2 rings (SSSR count). The normalized spacial score (nSPS) is 11.6. The number of nitrogens with two attached hydrogens (primary N) is 1. The number of sulfonamides is 1. The van der Waals surface area contributed by atoms with Crippen LogP contribution >= 0.6 is 15.9 Å². The molecular formula is C13H11BrF2N2O2S. The molecule has 0 heterocycles. The first-order valence-electron chi connectivity index (χ1n) is 5.78. The fraction of sp³-hybridized carbons (Fsp3) is 0.0769. The van der Waals surface area contributed by atoms with Gasteiger partial charge in [-0.25, -0.2) is 21.9 Å². The zero-order valence-electron chi connectivity index (χ0n) is 10.6. The Balaban J connectivity index is 2.27. The number of nitrogens with one attached hydrogen (secondary N) is 1. The van der Waals surface area contributed by atoms with Crippen molar-refractivity contribution in [2.45, 2.75) is 11.4 Å². The lowest BCUT2D eigenvalue weighted by Crippen LogP contribution is -2.24. The molecule has 0 aromatic heterocycles. The van der Waals surface area contributed by atoms with Crippen LogP contribution in [0.4, 0.5) is 14.5 Å². The third-order valence-electron chi connectivity index (χ3n) is 2.66. The second-order valence-electron chi connectivity index (χ2n) is 4.27. The number of hydrogen-bond donors (Lipinski definition) is 2. The number of hydrogen-bond acceptors (Lipinski definition) is 3. The van der Waals surface area contributed by atoms with Gasteiger partial charge in [-0.1, -0.05) is 12.1 Å². The van der Waals surface area contributed by atoms with Gasteiger partial charge in [0, 0.05) is 12.2 Å². The van der Waals surface area contributed by atoms with Gasteiger partial charge in [-0.2, -0.15) is 0 Å². The van der Waals surface area contributed by atoms with E-state index in [0.717, 1.165) is 6.07 Å². The minimum absolute atomic E-state index is 0.0476. The molecule has 0 spiro atoms. The molecule has 0 fully saturated rings. The van der Waals surface area contributed by atoms with Crippen LogP contribution in [-0.4, -0.2) is 8.42 Å². The second-order valence-corrected chi connectivity index (χ2v) is 6.86. The van der Waals surface area contributed by atoms with Gasteiger partial charge in [-0.15, -0.1) is 0 Å². The van der Waals surface area contributed by atoms with Crippen LogP contribution in [0.3, 0.4) is 0 Å². The first kappa shape index (κ1) is 15.9. The predicted octanol–water partition coefficient (Wildman–Crippen LogP) is 2.79. The molecule has 3 N–H and O–H groups in total. The van der Waals surface area contributed by atoms with E-state index in [9.17, 15) is 17.2 Å². The lowest BCUT2D eigenvalue weighted by molar-refractivity contribution is 0.553. The zero-order valence-corrected chi connectivity index (χ0v) is 13.0. The van der Waals surface area contributed by atoms with Crippen LogP contribution in [0.1, 0.15) is 5.56 Å². The van der Waals surface area contributed by atoms with E-state index in [0.29, 0.717) is 5.56 Å². The van der Waals surface area contributed by atoms with Crippen LogP contribution < -0.4 is 10.5 Å². The maximum absolute atomic E-state index is 13.9. The summed E-state index contributed by atoms with van der Waals surface area (Å²) in [6.07, 6.45) is 0. The van der Waals surface area contributed by atoms with E-state index in [4.69, 9.17) is 5.73 Å². The van der Waals surface area contributed by atoms with Crippen molar-refractivity contribution in [1.29, 1.82) is 0 Å². The van der Waals surface area contributed by atoms with E-state index in [-0.39, 0.29) is 16.7 Å². The molecule has 0 aliphatic rings. The Kier molecular flexibility index (Phi) is 4.60. The molecule has 8 heteroatoms. The Labute approximate surface area is 129 Å². The molecule has 0 saturated carbocycles. The monoisotopic (exact) mass is 376 g/mol. The highest BCUT2D eigenvalue weighted by molar-refractivity contribution is 9.10. The van der Waals surface area contributed by atoms with Gasteiger partial charge in [-0.3, -0.25) is 0 Å². The van der Waals surface area contributed by atoms with Gasteiger partial charge >= 0.3 is 0 Å². The van der Waals surface area contributed by atoms with E-state index in [1.165, 1.54) is 24.3 Å². The largest absolute Gasteiger partial charge is 0.399 e. The van der Waals surface area contributed by atoms with Gasteiger partial charge in [-0.05, 0) is 45.8 Å². The molecule has 0 amide bonds. The highest BCUT2D eigenvalue weighted by atomic mass is 79.9. The summed E-state index contributed by atoms with van der Waals surface area (Å²) in [5.41, 5.74) is 6.04. The van der Waals surface area contributed by atoms with Crippen molar-refractivity contribution in [2.75, 3.05) is 5.73 Å². The lowest BCUT2D eigenvalue weighted by atomic mass is 10.2. The quantitative estimate of drug-likeness (QED) is 0.805. The summed E-state index contributed by atoms with van der Waals surface area (Å²) in [5, 5.41) is 0. The van der Waals surface area contributed by atoms with Gasteiger partial charge in [0.15, 0.2) is 5.82 Å². The number of nitrogen functional groups attached to an aromatic ring is 1. The third-order valence-corrected chi connectivity index (χ3v) is 4.64. The molecule has 0 radical (unpaired) electrons. The molecule has 21 heavy (non-hydrogen) atoms. The Morgan fingerprint density at radius 1 is 1.19 bits per heavy atom. The Morgan fingerprint density at radius 2 is 1.90 bits per heavy atom.